The van der Waals surface area contributed by atoms with Crippen LogP contribution in [0.25, 0.3) is 11.1 Å². The molecule has 0 heterocycles. The zero-order chi connectivity index (χ0) is 40.1. The van der Waals surface area contributed by atoms with Crippen LogP contribution in [0, 0.1) is 5.92 Å². The van der Waals surface area contributed by atoms with Crippen LogP contribution < -0.4 is 26.6 Å². The quantitative estimate of drug-likeness (QED) is 0.0729. The molecule has 13 heteroatoms. The van der Waals surface area contributed by atoms with E-state index in [9.17, 15) is 24.0 Å². The number of rotatable bonds is 16. The monoisotopic (exact) mass is 787 g/mol. The fraction of sp³-hybridized carbons (Fsp3) is 0.465. The molecule has 1 saturated carbocycles. The van der Waals surface area contributed by atoms with Crippen molar-refractivity contribution in [1.29, 1.82) is 0 Å². The van der Waals surface area contributed by atoms with Crippen LogP contribution in [0.2, 0.25) is 0 Å². The number of halogens is 1. The van der Waals surface area contributed by atoms with Crippen molar-refractivity contribution in [3.63, 3.8) is 0 Å². The third-order valence-corrected chi connectivity index (χ3v) is 10.2. The molecule has 56 heavy (non-hydrogen) atoms. The highest BCUT2D eigenvalue weighted by molar-refractivity contribution is 6.29. The molecule has 0 bridgehead atoms. The van der Waals surface area contributed by atoms with Gasteiger partial charge in [-0.15, -0.1) is 11.6 Å². The lowest BCUT2D eigenvalue weighted by molar-refractivity contribution is -0.128. The van der Waals surface area contributed by atoms with Crippen molar-refractivity contribution in [2.45, 2.75) is 102 Å². The van der Waals surface area contributed by atoms with Crippen LogP contribution in [0.1, 0.15) is 95.6 Å². The third-order valence-electron chi connectivity index (χ3n) is 10.0. The van der Waals surface area contributed by atoms with Gasteiger partial charge in [0.2, 0.25) is 17.7 Å². The number of ether oxygens (including phenoxy) is 2. The van der Waals surface area contributed by atoms with Crippen LogP contribution >= 0.6 is 11.6 Å². The van der Waals surface area contributed by atoms with Gasteiger partial charge in [0.15, 0.2) is 0 Å². The summed E-state index contributed by atoms with van der Waals surface area (Å²) in [4.78, 5) is 65.4. The highest BCUT2D eigenvalue weighted by Gasteiger charge is 2.32. The molecule has 0 spiro atoms. The number of carbonyl (C=O) groups is 5. The maximum atomic E-state index is 14.1. The minimum Gasteiger partial charge on any atom is -0.449 e. The molecule has 0 saturated heterocycles. The molecule has 5 amide bonds. The van der Waals surface area contributed by atoms with E-state index in [0.717, 1.165) is 54.4 Å². The summed E-state index contributed by atoms with van der Waals surface area (Å²) < 4.78 is 11.1. The number of nitrogens with one attached hydrogen (secondary N) is 5. The number of anilines is 2. The second kappa shape index (κ2) is 20.2. The molecule has 5 rings (SSSR count). The first-order chi connectivity index (χ1) is 26.9. The SMILES string of the molecule is CC(C)(C)OC(=O)NCCCC[C@H](NC(=O)[C@@H](CC1CCCCC1)NC(=O)OCC1c2ccccc2-c2ccccc21)C(=O)Nc1cccc(NC(=O)CCl)c1. The Balaban J connectivity index is 1.27. The summed E-state index contributed by atoms with van der Waals surface area (Å²) >= 11 is 5.65. The first-order valence-electron chi connectivity index (χ1n) is 19.6. The number of unbranched alkanes of at least 4 members (excludes halogenated alkanes) is 1. The number of hydrogen-bond acceptors (Lipinski definition) is 7. The highest BCUT2D eigenvalue weighted by Crippen LogP contribution is 2.44. The van der Waals surface area contributed by atoms with Crippen molar-refractivity contribution >= 4 is 52.9 Å². The number of amides is 5. The van der Waals surface area contributed by atoms with E-state index in [-0.39, 0.29) is 30.7 Å². The smallest absolute Gasteiger partial charge is 0.407 e. The number of benzene rings is 3. The van der Waals surface area contributed by atoms with E-state index < -0.39 is 47.6 Å². The van der Waals surface area contributed by atoms with Crippen molar-refractivity contribution in [1.82, 2.24) is 16.0 Å². The Morgan fingerprint density at radius 3 is 2.04 bits per heavy atom. The van der Waals surface area contributed by atoms with E-state index in [1.54, 1.807) is 45.0 Å². The Kier molecular flexibility index (Phi) is 15.2. The topological polar surface area (TPSA) is 164 Å². The van der Waals surface area contributed by atoms with Gasteiger partial charge in [-0.25, -0.2) is 9.59 Å². The lowest BCUT2D eigenvalue weighted by atomic mass is 9.84. The summed E-state index contributed by atoms with van der Waals surface area (Å²) in [6.07, 6.45) is 5.54. The van der Waals surface area contributed by atoms with E-state index in [0.29, 0.717) is 37.2 Å². The molecule has 3 aromatic carbocycles. The zero-order valence-corrected chi connectivity index (χ0v) is 33.2. The second-order valence-corrected chi connectivity index (χ2v) is 15.8. The summed E-state index contributed by atoms with van der Waals surface area (Å²) in [5.41, 5.74) is 4.61. The van der Waals surface area contributed by atoms with Crippen LogP contribution in [0.4, 0.5) is 21.0 Å². The number of alkyl halides is 1. The Morgan fingerprint density at radius 2 is 1.39 bits per heavy atom. The molecule has 2 aliphatic rings. The maximum absolute atomic E-state index is 14.1. The summed E-state index contributed by atoms with van der Waals surface area (Å²) in [5, 5.41) is 14.0. The van der Waals surface area contributed by atoms with E-state index in [1.165, 1.54) is 0 Å². The van der Waals surface area contributed by atoms with Gasteiger partial charge in [-0.3, -0.25) is 14.4 Å². The van der Waals surface area contributed by atoms with Crippen LogP contribution in [-0.2, 0) is 23.9 Å². The fourth-order valence-electron chi connectivity index (χ4n) is 7.39. The van der Waals surface area contributed by atoms with Crippen LogP contribution in [0.5, 0.6) is 0 Å². The highest BCUT2D eigenvalue weighted by atomic mass is 35.5. The van der Waals surface area contributed by atoms with Crippen molar-refractivity contribution in [2.75, 3.05) is 29.7 Å². The summed E-state index contributed by atoms with van der Waals surface area (Å²) in [6.45, 7) is 5.76. The summed E-state index contributed by atoms with van der Waals surface area (Å²) in [7, 11) is 0. The van der Waals surface area contributed by atoms with Crippen LogP contribution in [0.3, 0.4) is 0 Å². The minimum atomic E-state index is -0.983. The number of carbonyl (C=O) groups excluding carboxylic acids is 5. The Morgan fingerprint density at radius 1 is 0.750 bits per heavy atom. The number of hydrogen-bond donors (Lipinski definition) is 5. The Hall–Kier alpha value is -5.10. The van der Waals surface area contributed by atoms with Crippen molar-refractivity contribution < 1.29 is 33.4 Å². The fourth-order valence-corrected chi connectivity index (χ4v) is 7.45. The Labute approximate surface area is 334 Å². The molecule has 1 fully saturated rings. The molecule has 0 aliphatic heterocycles. The molecular weight excluding hydrogens is 734 g/mol. The predicted octanol–water partition coefficient (Wildman–Crippen LogP) is 7.86. The Bertz CT molecular complexity index is 1800. The predicted molar refractivity (Wildman–Crippen MR) is 218 cm³/mol. The van der Waals surface area contributed by atoms with Gasteiger partial charge in [0.1, 0.15) is 30.2 Å². The number of alkyl carbamates (subject to hydrolysis) is 2. The van der Waals surface area contributed by atoms with Gasteiger partial charge in [-0.05, 0) is 92.8 Å². The van der Waals surface area contributed by atoms with Crippen LogP contribution in [-0.4, -0.2) is 66.6 Å². The van der Waals surface area contributed by atoms with E-state index in [2.05, 4.69) is 38.7 Å². The van der Waals surface area contributed by atoms with E-state index in [1.807, 2.05) is 36.4 Å². The third kappa shape index (κ3) is 12.5. The molecular formula is C43H54ClN5O7. The van der Waals surface area contributed by atoms with Gasteiger partial charge in [0.25, 0.3) is 0 Å². The molecule has 300 valence electrons. The first kappa shape index (κ1) is 42.1. The van der Waals surface area contributed by atoms with Crippen molar-refractivity contribution in [3.05, 3.63) is 83.9 Å². The molecule has 2 aliphatic carbocycles. The van der Waals surface area contributed by atoms with E-state index >= 15 is 0 Å². The lowest BCUT2D eigenvalue weighted by Crippen LogP contribution is -2.53. The minimum absolute atomic E-state index is 0.102. The standard InChI is InChI=1S/C43H54ClN5O7/c1-43(2,3)56-41(53)45-23-12-11-22-36(39(51)47-30-17-13-16-29(25-30)46-38(50)26-44)48-40(52)37(24-28-14-5-4-6-15-28)49-42(54)55-27-35-33-20-9-7-18-31(33)32-19-8-10-21-34(32)35/h7-10,13,16-21,25,28,35-37H,4-6,11-12,14-15,22-24,26-27H2,1-3H3,(H,45,53)(H,46,50)(H,47,51)(H,48,52)(H,49,54)/t36-,37+/m0/s1. The molecule has 0 unspecified atom stereocenters. The summed E-state index contributed by atoms with van der Waals surface area (Å²) in [5.74, 6) is -1.49. The van der Waals surface area contributed by atoms with E-state index in [4.69, 9.17) is 21.1 Å². The normalized spacial score (nSPS) is 15.0. The van der Waals surface area contributed by atoms with Crippen molar-refractivity contribution in [3.8, 4) is 11.1 Å². The largest absolute Gasteiger partial charge is 0.449 e. The maximum Gasteiger partial charge on any atom is 0.407 e. The average molecular weight is 788 g/mol. The van der Waals surface area contributed by atoms with Gasteiger partial charge < -0.3 is 36.1 Å². The van der Waals surface area contributed by atoms with Gasteiger partial charge in [0.05, 0.1) is 0 Å². The zero-order valence-electron chi connectivity index (χ0n) is 32.5. The number of fused-ring (bicyclic) bond motifs is 3. The molecule has 0 aromatic heterocycles. The lowest BCUT2D eigenvalue weighted by Gasteiger charge is -2.28. The van der Waals surface area contributed by atoms with Gasteiger partial charge in [0, 0.05) is 23.8 Å². The van der Waals surface area contributed by atoms with Gasteiger partial charge >= 0.3 is 12.2 Å². The average Bonchev–Trinajstić information content (AvgIpc) is 3.49. The second-order valence-electron chi connectivity index (χ2n) is 15.5. The van der Waals surface area contributed by atoms with Gasteiger partial charge in [-0.1, -0.05) is 86.7 Å². The molecule has 12 nitrogen and oxygen atoms in total. The molecule has 5 N–H and O–H groups in total. The van der Waals surface area contributed by atoms with Crippen molar-refractivity contribution in [2.24, 2.45) is 5.92 Å². The van der Waals surface area contributed by atoms with Gasteiger partial charge in [-0.2, -0.15) is 0 Å². The molecule has 2 atom stereocenters. The molecule has 0 radical (unpaired) electrons. The molecule has 3 aromatic rings. The first-order valence-corrected chi connectivity index (χ1v) is 20.1. The van der Waals surface area contributed by atoms with Crippen LogP contribution in [0.15, 0.2) is 72.8 Å². The summed E-state index contributed by atoms with van der Waals surface area (Å²) in [6, 6.07) is 20.9.